The molecule has 4 rings (SSSR count). The van der Waals surface area contributed by atoms with E-state index in [0.717, 1.165) is 57.1 Å². The van der Waals surface area contributed by atoms with Gasteiger partial charge in [-0.15, -0.1) is 0 Å². The van der Waals surface area contributed by atoms with E-state index in [1.165, 1.54) is 15.4 Å². The van der Waals surface area contributed by atoms with Gasteiger partial charge < -0.3 is 15.1 Å². The zero-order valence-corrected chi connectivity index (χ0v) is 16.6. The van der Waals surface area contributed by atoms with E-state index >= 15 is 0 Å². The average Bonchev–Trinajstić information content (AvgIpc) is 3.39. The fourth-order valence-electron chi connectivity index (χ4n) is 3.55. The first-order chi connectivity index (χ1) is 13.1. The smallest absolute Gasteiger partial charge is 0.275 e. The number of aryl methyl sites for hydroxylation is 1. The number of aromatic amines is 1. The van der Waals surface area contributed by atoms with Crippen molar-refractivity contribution in [3.63, 3.8) is 0 Å². The minimum absolute atomic E-state index is 0.203. The molecule has 0 atom stereocenters. The summed E-state index contributed by atoms with van der Waals surface area (Å²) in [4.78, 5) is 19.3. The lowest BCUT2D eigenvalue weighted by atomic mass is 10.1. The van der Waals surface area contributed by atoms with Gasteiger partial charge in [0.05, 0.1) is 0 Å². The molecule has 0 spiro atoms. The number of hydrogen-bond acceptors (Lipinski definition) is 3. The third-order valence-corrected chi connectivity index (χ3v) is 5.71. The van der Waals surface area contributed by atoms with Crippen LogP contribution in [-0.2, 0) is 11.5 Å². The van der Waals surface area contributed by atoms with E-state index < -0.39 is 0 Å². The van der Waals surface area contributed by atoms with Crippen molar-refractivity contribution in [3.05, 3.63) is 34.6 Å². The highest BCUT2D eigenvalue weighted by Crippen LogP contribution is 2.18. The molecule has 144 valence electrons. The van der Waals surface area contributed by atoms with Crippen LogP contribution in [0.15, 0.2) is 24.3 Å². The Morgan fingerprint density at radius 1 is 1.22 bits per heavy atom. The summed E-state index contributed by atoms with van der Waals surface area (Å²) in [5.74, 6) is 1.02. The Labute approximate surface area is 164 Å². The molecule has 0 unspecified atom stereocenters. The van der Waals surface area contributed by atoms with Crippen LogP contribution in [0.25, 0.3) is 11.4 Å². The Bertz CT molecular complexity index is 846. The normalized spacial score (nSPS) is 22.6. The quantitative estimate of drug-likeness (QED) is 0.477. The molecule has 1 amide bonds. The summed E-state index contributed by atoms with van der Waals surface area (Å²) < 4.78 is 2.56. The number of amides is 1. The van der Waals surface area contributed by atoms with Crippen molar-refractivity contribution in [2.75, 3.05) is 32.7 Å². The summed E-state index contributed by atoms with van der Waals surface area (Å²) in [5.41, 5.74) is 2.28. The predicted octanol–water partition coefficient (Wildman–Crippen LogP) is -1.06. The number of aromatic nitrogens is 3. The van der Waals surface area contributed by atoms with Crippen LogP contribution in [0.3, 0.4) is 0 Å². The number of nitrogens with zero attached hydrogens (tertiary/aromatic N) is 2. The predicted molar refractivity (Wildman–Crippen MR) is 105 cm³/mol. The van der Waals surface area contributed by atoms with Gasteiger partial charge in [0.1, 0.15) is 26.2 Å². The van der Waals surface area contributed by atoms with Gasteiger partial charge in [-0.05, 0) is 32.0 Å². The molecule has 4 N–H and O–H groups in total. The molecule has 1 aliphatic heterocycles. The van der Waals surface area contributed by atoms with Crippen LogP contribution in [0.1, 0.15) is 18.4 Å². The lowest BCUT2D eigenvalue weighted by Crippen LogP contribution is -3.28. The Morgan fingerprint density at radius 3 is 2.56 bits per heavy atom. The molecule has 2 aromatic rings. The largest absolute Gasteiger partial charge is 0.348 e. The SMILES string of the molecule is Cc1ccc(-c2nc(=S)n(C[NH+]3CC[NH+](CC(=O)NC4CC4)CC3)[nH]2)cc1. The van der Waals surface area contributed by atoms with Gasteiger partial charge in [0.2, 0.25) is 4.77 Å². The number of H-pyrrole nitrogens is 1. The fourth-order valence-corrected chi connectivity index (χ4v) is 3.75. The Hall–Kier alpha value is -2.03. The van der Waals surface area contributed by atoms with Gasteiger partial charge in [-0.25, -0.2) is 4.68 Å². The first kappa shape index (κ1) is 18.3. The van der Waals surface area contributed by atoms with Crippen molar-refractivity contribution >= 4 is 18.1 Å². The van der Waals surface area contributed by atoms with E-state index in [1.807, 2.05) is 4.68 Å². The summed E-state index contributed by atoms with van der Waals surface area (Å²) in [6.07, 6.45) is 2.29. The van der Waals surface area contributed by atoms with Gasteiger partial charge >= 0.3 is 0 Å². The standard InChI is InChI=1S/C19H26N6OS/c1-14-2-4-15(5-3-14)18-21-19(27)25(22-18)13-24-10-8-23(9-11-24)12-17(26)20-16-6-7-16/h2-5,16H,6-13H2,1H3,(H,20,26)(H,21,22,27)/p+2. The first-order valence-electron chi connectivity index (χ1n) is 9.77. The maximum atomic E-state index is 12.0. The summed E-state index contributed by atoms with van der Waals surface area (Å²) in [5, 5.41) is 6.43. The second-order valence-corrected chi connectivity index (χ2v) is 8.19. The molecule has 2 fully saturated rings. The van der Waals surface area contributed by atoms with Crippen LogP contribution in [0.2, 0.25) is 0 Å². The zero-order chi connectivity index (χ0) is 18.8. The minimum Gasteiger partial charge on any atom is -0.348 e. The van der Waals surface area contributed by atoms with E-state index in [-0.39, 0.29) is 5.91 Å². The molecule has 7 nitrogen and oxygen atoms in total. The molecular formula is C19H28N6OS+2. The highest BCUT2D eigenvalue weighted by molar-refractivity contribution is 7.71. The Kier molecular flexibility index (Phi) is 5.38. The fraction of sp³-hybridized carbons (Fsp3) is 0.526. The second-order valence-electron chi connectivity index (χ2n) is 7.83. The Morgan fingerprint density at radius 2 is 1.89 bits per heavy atom. The number of nitrogens with one attached hydrogen (secondary N) is 4. The minimum atomic E-state index is 0.203. The maximum absolute atomic E-state index is 12.0. The summed E-state index contributed by atoms with van der Waals surface area (Å²) in [7, 11) is 0. The number of quaternary nitrogens is 2. The first-order valence-corrected chi connectivity index (χ1v) is 10.2. The van der Waals surface area contributed by atoms with Gasteiger partial charge in [0.15, 0.2) is 19.0 Å². The van der Waals surface area contributed by atoms with Gasteiger partial charge in [-0.1, -0.05) is 29.8 Å². The van der Waals surface area contributed by atoms with Crippen molar-refractivity contribution in [1.82, 2.24) is 20.1 Å². The molecule has 1 saturated carbocycles. The molecule has 0 radical (unpaired) electrons. The maximum Gasteiger partial charge on any atom is 0.275 e. The monoisotopic (exact) mass is 388 g/mol. The van der Waals surface area contributed by atoms with Crippen LogP contribution < -0.4 is 15.1 Å². The van der Waals surface area contributed by atoms with Crippen molar-refractivity contribution in [2.45, 2.75) is 32.5 Å². The molecule has 27 heavy (non-hydrogen) atoms. The van der Waals surface area contributed by atoms with Crippen LogP contribution in [0.4, 0.5) is 0 Å². The molecule has 8 heteroatoms. The van der Waals surface area contributed by atoms with E-state index in [0.29, 0.717) is 17.4 Å². The molecule has 0 bridgehead atoms. The number of piperazine rings is 1. The van der Waals surface area contributed by atoms with Gasteiger partial charge in [-0.3, -0.25) is 9.89 Å². The third-order valence-electron chi connectivity index (χ3n) is 5.40. The van der Waals surface area contributed by atoms with Crippen molar-refractivity contribution in [3.8, 4) is 11.4 Å². The number of benzene rings is 1. The van der Waals surface area contributed by atoms with Crippen molar-refractivity contribution in [1.29, 1.82) is 0 Å². The van der Waals surface area contributed by atoms with Crippen LogP contribution in [-0.4, -0.2) is 59.4 Å². The molecule has 2 aliphatic rings. The number of hydrogen-bond donors (Lipinski definition) is 4. The van der Waals surface area contributed by atoms with E-state index in [1.54, 1.807) is 0 Å². The second kappa shape index (κ2) is 7.92. The van der Waals surface area contributed by atoms with Gasteiger partial charge in [0, 0.05) is 11.6 Å². The number of rotatable bonds is 6. The lowest BCUT2D eigenvalue weighted by Gasteiger charge is -2.29. The summed E-state index contributed by atoms with van der Waals surface area (Å²) in [6, 6.07) is 8.74. The molecule has 1 aliphatic carbocycles. The number of carbonyl (C=O) groups excluding carboxylic acids is 1. The van der Waals surface area contributed by atoms with Crippen LogP contribution in [0.5, 0.6) is 0 Å². The van der Waals surface area contributed by atoms with Crippen molar-refractivity contribution < 1.29 is 14.6 Å². The summed E-state index contributed by atoms with van der Waals surface area (Å²) in [6.45, 7) is 7.56. The molecular weight excluding hydrogens is 360 g/mol. The van der Waals surface area contributed by atoms with E-state index in [2.05, 4.69) is 46.6 Å². The van der Waals surface area contributed by atoms with Crippen molar-refractivity contribution in [2.24, 2.45) is 0 Å². The lowest BCUT2D eigenvalue weighted by molar-refractivity contribution is -1.02. The summed E-state index contributed by atoms with van der Waals surface area (Å²) >= 11 is 5.44. The highest BCUT2D eigenvalue weighted by Gasteiger charge is 2.28. The highest BCUT2D eigenvalue weighted by atomic mass is 32.1. The topological polar surface area (TPSA) is 71.6 Å². The van der Waals surface area contributed by atoms with Crippen LogP contribution >= 0.6 is 12.2 Å². The van der Waals surface area contributed by atoms with Gasteiger partial charge in [-0.2, -0.15) is 4.98 Å². The molecule has 1 aromatic heterocycles. The molecule has 2 heterocycles. The van der Waals surface area contributed by atoms with E-state index in [4.69, 9.17) is 12.2 Å². The average molecular weight is 389 g/mol. The number of carbonyl (C=O) groups is 1. The Balaban J connectivity index is 1.30. The van der Waals surface area contributed by atoms with E-state index in [9.17, 15) is 4.79 Å². The molecule has 1 saturated heterocycles. The van der Waals surface area contributed by atoms with Crippen LogP contribution in [0, 0.1) is 11.7 Å². The van der Waals surface area contributed by atoms with Gasteiger partial charge in [0.25, 0.3) is 5.91 Å². The zero-order valence-electron chi connectivity index (χ0n) is 15.8. The molecule has 1 aromatic carbocycles. The third kappa shape index (κ3) is 4.82.